The van der Waals surface area contributed by atoms with Crippen LogP contribution >= 0.6 is 27.5 Å². The molecule has 0 spiro atoms. The maximum Gasteiger partial charge on any atom is 0.194 e. The van der Waals surface area contributed by atoms with Gasteiger partial charge in [-0.15, -0.1) is 0 Å². The Morgan fingerprint density at radius 2 is 1.94 bits per heavy atom. The SMILES string of the molecule is Cc1ccc(C(=O)c2cccc(Cl)c2)c(Br)c1. The molecule has 2 rings (SSSR count). The zero-order chi connectivity index (χ0) is 12.4. The van der Waals surface area contributed by atoms with E-state index in [2.05, 4.69) is 15.9 Å². The normalized spacial score (nSPS) is 10.3. The summed E-state index contributed by atoms with van der Waals surface area (Å²) in [6, 6.07) is 12.6. The summed E-state index contributed by atoms with van der Waals surface area (Å²) >= 11 is 9.29. The Morgan fingerprint density at radius 1 is 1.18 bits per heavy atom. The van der Waals surface area contributed by atoms with Crippen molar-refractivity contribution in [3.05, 3.63) is 68.7 Å². The van der Waals surface area contributed by atoms with Gasteiger partial charge < -0.3 is 0 Å². The van der Waals surface area contributed by atoms with Crippen molar-refractivity contribution in [2.75, 3.05) is 0 Å². The van der Waals surface area contributed by atoms with E-state index in [9.17, 15) is 4.79 Å². The highest BCUT2D eigenvalue weighted by molar-refractivity contribution is 9.10. The predicted molar refractivity (Wildman–Crippen MR) is 73.8 cm³/mol. The Labute approximate surface area is 114 Å². The number of benzene rings is 2. The molecule has 0 radical (unpaired) electrons. The summed E-state index contributed by atoms with van der Waals surface area (Å²) in [7, 11) is 0. The van der Waals surface area contributed by atoms with E-state index in [1.54, 1.807) is 24.3 Å². The number of ketones is 1. The second kappa shape index (κ2) is 5.03. The van der Waals surface area contributed by atoms with Crippen LogP contribution in [0.25, 0.3) is 0 Å². The second-order valence-corrected chi connectivity index (χ2v) is 5.11. The first-order chi connectivity index (χ1) is 8.08. The molecule has 86 valence electrons. The summed E-state index contributed by atoms with van der Waals surface area (Å²) in [5, 5.41) is 0.569. The van der Waals surface area contributed by atoms with E-state index >= 15 is 0 Å². The molecule has 0 unspecified atom stereocenters. The minimum Gasteiger partial charge on any atom is -0.289 e. The van der Waals surface area contributed by atoms with E-state index in [0.29, 0.717) is 16.1 Å². The summed E-state index contributed by atoms with van der Waals surface area (Å²) in [6.07, 6.45) is 0. The monoisotopic (exact) mass is 308 g/mol. The van der Waals surface area contributed by atoms with Gasteiger partial charge in [0.1, 0.15) is 0 Å². The molecule has 0 fully saturated rings. The Hall–Kier alpha value is -1.12. The smallest absolute Gasteiger partial charge is 0.194 e. The largest absolute Gasteiger partial charge is 0.289 e. The van der Waals surface area contributed by atoms with Crippen molar-refractivity contribution in [3.63, 3.8) is 0 Å². The lowest BCUT2D eigenvalue weighted by Gasteiger charge is -2.05. The molecule has 1 nitrogen and oxygen atoms in total. The van der Waals surface area contributed by atoms with E-state index in [1.165, 1.54) is 0 Å². The van der Waals surface area contributed by atoms with E-state index in [0.717, 1.165) is 10.0 Å². The molecular weight excluding hydrogens is 300 g/mol. The van der Waals surface area contributed by atoms with Crippen LogP contribution in [0.2, 0.25) is 5.02 Å². The lowest BCUT2D eigenvalue weighted by atomic mass is 10.0. The van der Waals surface area contributed by atoms with Crippen molar-refractivity contribution in [2.24, 2.45) is 0 Å². The zero-order valence-electron chi connectivity index (χ0n) is 9.21. The number of carbonyl (C=O) groups excluding carboxylic acids is 1. The Bertz CT molecular complexity index is 578. The molecule has 0 aliphatic carbocycles. The summed E-state index contributed by atoms with van der Waals surface area (Å²) in [5.41, 5.74) is 2.36. The van der Waals surface area contributed by atoms with Gasteiger partial charge in [-0.3, -0.25) is 4.79 Å². The van der Waals surface area contributed by atoms with E-state index in [4.69, 9.17) is 11.6 Å². The van der Waals surface area contributed by atoms with E-state index in [-0.39, 0.29) is 5.78 Å². The van der Waals surface area contributed by atoms with Crippen molar-refractivity contribution in [2.45, 2.75) is 6.92 Å². The fraction of sp³-hybridized carbons (Fsp3) is 0.0714. The number of hydrogen-bond donors (Lipinski definition) is 0. The van der Waals surface area contributed by atoms with Gasteiger partial charge >= 0.3 is 0 Å². The molecule has 0 heterocycles. The number of carbonyl (C=O) groups is 1. The first-order valence-corrected chi connectivity index (χ1v) is 6.31. The Morgan fingerprint density at radius 3 is 2.59 bits per heavy atom. The third-order valence-electron chi connectivity index (χ3n) is 2.46. The van der Waals surface area contributed by atoms with Gasteiger partial charge in [-0.05, 0) is 36.8 Å². The summed E-state index contributed by atoms with van der Waals surface area (Å²) in [6.45, 7) is 1.98. The van der Waals surface area contributed by atoms with E-state index < -0.39 is 0 Å². The number of hydrogen-bond acceptors (Lipinski definition) is 1. The standard InChI is InChI=1S/C14H10BrClO/c1-9-5-6-12(13(15)7-9)14(17)10-3-2-4-11(16)8-10/h2-8H,1H3. The summed E-state index contributed by atoms with van der Waals surface area (Å²) in [4.78, 5) is 12.2. The topological polar surface area (TPSA) is 17.1 Å². The third kappa shape index (κ3) is 2.76. The third-order valence-corrected chi connectivity index (χ3v) is 3.35. The quantitative estimate of drug-likeness (QED) is 0.738. The molecule has 0 saturated heterocycles. The fourth-order valence-electron chi connectivity index (χ4n) is 1.59. The number of aryl methyl sites for hydroxylation is 1. The second-order valence-electron chi connectivity index (χ2n) is 3.82. The van der Waals surface area contributed by atoms with Crippen molar-refractivity contribution in [1.82, 2.24) is 0 Å². The molecule has 0 aliphatic rings. The number of halogens is 2. The molecule has 17 heavy (non-hydrogen) atoms. The molecule has 0 saturated carbocycles. The average Bonchev–Trinajstić information content (AvgIpc) is 2.28. The van der Waals surface area contributed by atoms with Crippen LogP contribution in [0.5, 0.6) is 0 Å². The van der Waals surface area contributed by atoms with Gasteiger partial charge in [0, 0.05) is 20.6 Å². The zero-order valence-corrected chi connectivity index (χ0v) is 11.5. The molecule has 0 atom stereocenters. The first kappa shape index (κ1) is 12.3. The molecular formula is C14H10BrClO. The van der Waals surface area contributed by atoms with Gasteiger partial charge in [-0.1, -0.05) is 45.7 Å². The lowest BCUT2D eigenvalue weighted by molar-refractivity contribution is 0.103. The lowest BCUT2D eigenvalue weighted by Crippen LogP contribution is -2.02. The van der Waals surface area contributed by atoms with Crippen LogP contribution in [-0.2, 0) is 0 Å². The predicted octanol–water partition coefficient (Wildman–Crippen LogP) is 4.64. The maximum absolute atomic E-state index is 12.2. The molecule has 2 aromatic rings. The van der Waals surface area contributed by atoms with Crippen LogP contribution in [0.4, 0.5) is 0 Å². The van der Waals surface area contributed by atoms with Gasteiger partial charge in [0.05, 0.1) is 0 Å². The van der Waals surface area contributed by atoms with Gasteiger partial charge in [-0.2, -0.15) is 0 Å². The van der Waals surface area contributed by atoms with Gasteiger partial charge in [-0.25, -0.2) is 0 Å². The summed E-state index contributed by atoms with van der Waals surface area (Å²) < 4.78 is 0.808. The van der Waals surface area contributed by atoms with Crippen molar-refractivity contribution < 1.29 is 4.79 Å². The Balaban J connectivity index is 2.44. The van der Waals surface area contributed by atoms with E-state index in [1.807, 2.05) is 25.1 Å². The van der Waals surface area contributed by atoms with Crippen molar-refractivity contribution in [3.8, 4) is 0 Å². The van der Waals surface area contributed by atoms with Crippen LogP contribution in [0, 0.1) is 6.92 Å². The summed E-state index contributed by atoms with van der Waals surface area (Å²) in [5.74, 6) is -0.0284. The maximum atomic E-state index is 12.2. The van der Waals surface area contributed by atoms with Gasteiger partial charge in [0.15, 0.2) is 5.78 Å². The Kier molecular flexibility index (Phi) is 3.65. The van der Waals surface area contributed by atoms with Crippen molar-refractivity contribution in [1.29, 1.82) is 0 Å². The molecule has 3 heteroatoms. The first-order valence-electron chi connectivity index (χ1n) is 5.14. The molecule has 2 aromatic carbocycles. The molecule has 0 amide bonds. The minimum atomic E-state index is -0.0284. The molecule has 0 bridgehead atoms. The average molecular weight is 310 g/mol. The highest BCUT2D eigenvalue weighted by Gasteiger charge is 2.12. The number of rotatable bonds is 2. The highest BCUT2D eigenvalue weighted by atomic mass is 79.9. The van der Waals surface area contributed by atoms with Gasteiger partial charge in [0.2, 0.25) is 0 Å². The minimum absolute atomic E-state index is 0.0284. The van der Waals surface area contributed by atoms with Crippen LogP contribution in [0.15, 0.2) is 46.9 Å². The van der Waals surface area contributed by atoms with Gasteiger partial charge in [0.25, 0.3) is 0 Å². The van der Waals surface area contributed by atoms with Crippen LogP contribution < -0.4 is 0 Å². The molecule has 0 aromatic heterocycles. The van der Waals surface area contributed by atoms with Crippen molar-refractivity contribution >= 4 is 33.3 Å². The van der Waals surface area contributed by atoms with Crippen LogP contribution in [0.1, 0.15) is 21.5 Å². The van der Waals surface area contributed by atoms with Crippen LogP contribution in [0.3, 0.4) is 0 Å². The highest BCUT2D eigenvalue weighted by Crippen LogP contribution is 2.22. The van der Waals surface area contributed by atoms with Crippen LogP contribution in [-0.4, -0.2) is 5.78 Å². The molecule has 0 N–H and O–H groups in total. The molecule has 0 aliphatic heterocycles. The fourth-order valence-corrected chi connectivity index (χ4v) is 2.45.